The Bertz CT molecular complexity index is 352. The van der Waals surface area contributed by atoms with Gasteiger partial charge >= 0.3 is 0 Å². The minimum absolute atomic E-state index is 0.0875. The Morgan fingerprint density at radius 2 is 2.27 bits per heavy atom. The van der Waals surface area contributed by atoms with Gasteiger partial charge in [0.1, 0.15) is 5.75 Å². The predicted octanol–water partition coefficient (Wildman–Crippen LogP) is 1.95. The van der Waals surface area contributed by atoms with Crippen molar-refractivity contribution in [1.82, 2.24) is 0 Å². The molecular formula is C11H15NO2S. The molecule has 0 radical (unpaired) electrons. The number of rotatable bonds is 5. The summed E-state index contributed by atoms with van der Waals surface area (Å²) >= 11 is 1.54. The van der Waals surface area contributed by atoms with Crippen molar-refractivity contribution in [2.45, 2.75) is 11.3 Å². The molecule has 2 N–H and O–H groups in total. The Morgan fingerprint density at radius 1 is 1.53 bits per heavy atom. The summed E-state index contributed by atoms with van der Waals surface area (Å²) in [6.07, 6.45) is 2.33. The lowest BCUT2D eigenvalue weighted by molar-refractivity contribution is 0.0982. The molecule has 0 heterocycles. The Labute approximate surface area is 94.0 Å². The lowest BCUT2D eigenvalue weighted by atomic mass is 10.1. The number of nitrogens with two attached hydrogens (primary N) is 1. The van der Waals surface area contributed by atoms with Crippen LogP contribution < -0.4 is 10.5 Å². The van der Waals surface area contributed by atoms with Crippen molar-refractivity contribution < 1.29 is 9.53 Å². The fraction of sp³-hybridized carbons (Fsp3) is 0.364. The second kappa shape index (κ2) is 5.78. The first-order valence-electron chi connectivity index (χ1n) is 4.68. The number of benzene rings is 1. The van der Waals surface area contributed by atoms with E-state index in [-0.39, 0.29) is 5.78 Å². The number of carbonyl (C=O) groups excluding carboxylic acids is 1. The van der Waals surface area contributed by atoms with Gasteiger partial charge in [-0.1, -0.05) is 0 Å². The van der Waals surface area contributed by atoms with Gasteiger partial charge in [-0.15, -0.1) is 11.8 Å². The summed E-state index contributed by atoms with van der Waals surface area (Å²) in [4.78, 5) is 12.6. The van der Waals surface area contributed by atoms with Crippen LogP contribution in [0.5, 0.6) is 5.75 Å². The molecule has 0 atom stereocenters. The monoisotopic (exact) mass is 225 g/mol. The van der Waals surface area contributed by atoms with E-state index in [1.165, 1.54) is 11.8 Å². The number of carbonyl (C=O) groups is 1. The van der Waals surface area contributed by atoms with Gasteiger partial charge in [0.05, 0.1) is 7.11 Å². The molecule has 0 unspecified atom stereocenters. The van der Waals surface area contributed by atoms with Crippen LogP contribution in [0.3, 0.4) is 0 Å². The molecule has 1 rings (SSSR count). The van der Waals surface area contributed by atoms with E-state index in [1.807, 2.05) is 12.3 Å². The summed E-state index contributed by atoms with van der Waals surface area (Å²) in [5, 5.41) is 0. The molecule has 0 saturated heterocycles. The first-order chi connectivity index (χ1) is 7.22. The third-order valence-electron chi connectivity index (χ3n) is 2.08. The zero-order valence-corrected chi connectivity index (χ0v) is 9.76. The maximum absolute atomic E-state index is 11.7. The first-order valence-corrected chi connectivity index (χ1v) is 5.90. The van der Waals surface area contributed by atoms with Crippen molar-refractivity contribution in [3.05, 3.63) is 23.8 Å². The average molecular weight is 225 g/mol. The van der Waals surface area contributed by atoms with Gasteiger partial charge in [-0.05, 0) is 31.0 Å². The molecule has 0 bridgehead atoms. The zero-order chi connectivity index (χ0) is 11.3. The summed E-state index contributed by atoms with van der Waals surface area (Å²) in [5.74, 6) is 0.855. The van der Waals surface area contributed by atoms with E-state index < -0.39 is 0 Å². The van der Waals surface area contributed by atoms with E-state index in [0.29, 0.717) is 13.0 Å². The van der Waals surface area contributed by atoms with Crippen molar-refractivity contribution >= 4 is 17.5 Å². The molecular weight excluding hydrogens is 210 g/mol. The molecule has 1 aromatic carbocycles. The zero-order valence-electron chi connectivity index (χ0n) is 8.95. The molecule has 0 fully saturated rings. The van der Waals surface area contributed by atoms with Crippen molar-refractivity contribution in [3.8, 4) is 5.75 Å². The fourth-order valence-electron chi connectivity index (χ4n) is 1.29. The maximum atomic E-state index is 11.7. The molecule has 82 valence electrons. The van der Waals surface area contributed by atoms with Crippen molar-refractivity contribution in [3.63, 3.8) is 0 Å². The minimum atomic E-state index is 0.0875. The van der Waals surface area contributed by atoms with Gasteiger partial charge in [0.25, 0.3) is 0 Å². The molecule has 3 nitrogen and oxygen atoms in total. The highest BCUT2D eigenvalue weighted by Crippen LogP contribution is 2.26. The number of hydrogen-bond acceptors (Lipinski definition) is 4. The highest BCUT2D eigenvalue weighted by atomic mass is 32.2. The lowest BCUT2D eigenvalue weighted by Crippen LogP contribution is -2.09. The molecule has 0 saturated carbocycles. The smallest absolute Gasteiger partial charge is 0.165 e. The number of Topliss-reactive ketones (excluding diaryl/α,β-unsaturated/α-hetero) is 1. The van der Waals surface area contributed by atoms with Crippen LogP contribution >= 0.6 is 11.8 Å². The molecule has 0 aromatic heterocycles. The third-order valence-corrected chi connectivity index (χ3v) is 2.86. The standard InChI is InChI=1S/C11H15NO2S/c1-14-8-3-4-9(10(13)5-6-12)11(7-8)15-2/h3-4,7H,5-6,12H2,1-2H3. The third kappa shape index (κ3) is 2.97. The van der Waals surface area contributed by atoms with Crippen LogP contribution in [0.1, 0.15) is 16.8 Å². The SMILES string of the molecule is COc1ccc(C(=O)CCN)c(SC)c1. The Hall–Kier alpha value is -1.00. The molecule has 4 heteroatoms. The minimum Gasteiger partial charge on any atom is -0.497 e. The Kier molecular flexibility index (Phi) is 4.65. The molecule has 0 spiro atoms. The predicted molar refractivity (Wildman–Crippen MR) is 62.8 cm³/mol. The van der Waals surface area contributed by atoms with E-state index >= 15 is 0 Å². The van der Waals surface area contributed by atoms with E-state index in [1.54, 1.807) is 19.2 Å². The number of ketones is 1. The normalized spacial score (nSPS) is 10.1. The van der Waals surface area contributed by atoms with E-state index in [4.69, 9.17) is 10.5 Å². The number of hydrogen-bond donors (Lipinski definition) is 1. The first kappa shape index (κ1) is 12.1. The average Bonchev–Trinajstić information content (AvgIpc) is 2.28. The van der Waals surface area contributed by atoms with Gasteiger partial charge in [0.2, 0.25) is 0 Å². The summed E-state index contributed by atoms with van der Waals surface area (Å²) in [5.41, 5.74) is 6.09. The molecule has 0 aliphatic rings. The van der Waals surface area contributed by atoms with Crippen molar-refractivity contribution in [2.75, 3.05) is 19.9 Å². The van der Waals surface area contributed by atoms with Crippen LogP contribution in [-0.4, -0.2) is 25.7 Å². The Morgan fingerprint density at radius 3 is 2.80 bits per heavy atom. The van der Waals surface area contributed by atoms with Gasteiger partial charge in [0, 0.05) is 16.9 Å². The number of methoxy groups -OCH3 is 1. The highest BCUT2D eigenvalue weighted by molar-refractivity contribution is 7.98. The molecule has 15 heavy (non-hydrogen) atoms. The Balaban J connectivity index is 3.02. The molecule has 0 aliphatic carbocycles. The van der Waals surface area contributed by atoms with Crippen LogP contribution in [0.15, 0.2) is 23.1 Å². The number of ether oxygens (including phenoxy) is 1. The molecule has 0 aliphatic heterocycles. The van der Waals surface area contributed by atoms with E-state index in [0.717, 1.165) is 16.2 Å². The van der Waals surface area contributed by atoms with E-state index in [2.05, 4.69) is 0 Å². The van der Waals surface area contributed by atoms with Crippen LogP contribution in [0.4, 0.5) is 0 Å². The van der Waals surface area contributed by atoms with Crippen molar-refractivity contribution in [1.29, 1.82) is 0 Å². The quantitative estimate of drug-likeness (QED) is 0.614. The van der Waals surface area contributed by atoms with Gasteiger partial charge in [-0.25, -0.2) is 0 Å². The lowest BCUT2D eigenvalue weighted by Gasteiger charge is -2.08. The van der Waals surface area contributed by atoms with E-state index in [9.17, 15) is 4.79 Å². The van der Waals surface area contributed by atoms with Gasteiger partial charge < -0.3 is 10.5 Å². The van der Waals surface area contributed by atoms with Gasteiger partial charge in [0.15, 0.2) is 5.78 Å². The van der Waals surface area contributed by atoms with Crippen LogP contribution in [0.2, 0.25) is 0 Å². The summed E-state index contributed by atoms with van der Waals surface area (Å²) in [6, 6.07) is 5.46. The molecule has 0 amide bonds. The summed E-state index contributed by atoms with van der Waals surface area (Å²) < 4.78 is 5.10. The fourth-order valence-corrected chi connectivity index (χ4v) is 1.93. The second-order valence-corrected chi connectivity index (χ2v) is 3.88. The van der Waals surface area contributed by atoms with Gasteiger partial charge in [-0.3, -0.25) is 4.79 Å². The molecule has 1 aromatic rings. The van der Waals surface area contributed by atoms with Crippen LogP contribution in [0, 0.1) is 0 Å². The van der Waals surface area contributed by atoms with Crippen molar-refractivity contribution in [2.24, 2.45) is 5.73 Å². The van der Waals surface area contributed by atoms with Crippen LogP contribution in [0.25, 0.3) is 0 Å². The second-order valence-electron chi connectivity index (χ2n) is 3.03. The topological polar surface area (TPSA) is 52.3 Å². The van der Waals surface area contributed by atoms with Gasteiger partial charge in [-0.2, -0.15) is 0 Å². The number of thioether (sulfide) groups is 1. The highest BCUT2D eigenvalue weighted by Gasteiger charge is 2.10. The summed E-state index contributed by atoms with van der Waals surface area (Å²) in [6.45, 7) is 0.388. The maximum Gasteiger partial charge on any atom is 0.165 e. The largest absolute Gasteiger partial charge is 0.497 e. The van der Waals surface area contributed by atoms with Crippen LogP contribution in [-0.2, 0) is 0 Å². The summed E-state index contributed by atoms with van der Waals surface area (Å²) in [7, 11) is 1.61.